The van der Waals surface area contributed by atoms with Gasteiger partial charge in [-0.05, 0) is 19.4 Å². The monoisotopic (exact) mass is 330 g/mol. The van der Waals surface area contributed by atoms with Gasteiger partial charge in [0.2, 0.25) is 0 Å². The van der Waals surface area contributed by atoms with Crippen LogP contribution in [0.1, 0.15) is 38.7 Å². The number of hydrogen-bond donors (Lipinski definition) is 2. The maximum absolute atomic E-state index is 9.23. The van der Waals surface area contributed by atoms with Crippen LogP contribution in [-0.4, -0.2) is 16.4 Å². The lowest BCUT2D eigenvalue weighted by atomic mass is 9.89. The van der Waals surface area contributed by atoms with E-state index in [0.717, 1.165) is 17.6 Å². The molecule has 21 heavy (non-hydrogen) atoms. The van der Waals surface area contributed by atoms with Gasteiger partial charge in [0.1, 0.15) is 11.5 Å². The van der Waals surface area contributed by atoms with Gasteiger partial charge in [-0.3, -0.25) is 0 Å². The third-order valence-electron chi connectivity index (χ3n) is 3.32. The van der Waals surface area contributed by atoms with Gasteiger partial charge in [0.15, 0.2) is 0 Å². The molecule has 116 valence electrons. The van der Waals surface area contributed by atoms with Gasteiger partial charge in [-0.25, -0.2) is 0 Å². The van der Waals surface area contributed by atoms with Crippen molar-refractivity contribution in [1.29, 1.82) is 0 Å². The van der Waals surface area contributed by atoms with Crippen LogP contribution in [0.15, 0.2) is 29.7 Å². The van der Waals surface area contributed by atoms with Crippen LogP contribution >= 0.6 is 6.72 Å². The first-order valence-corrected chi connectivity index (χ1v) is 9.41. The maximum atomic E-state index is 9.23. The zero-order chi connectivity index (χ0) is 15.6. The Morgan fingerprint density at radius 3 is 2.62 bits per heavy atom. The lowest BCUT2D eigenvalue weighted by Crippen LogP contribution is -2.16. The first kappa shape index (κ1) is 16.3. The summed E-state index contributed by atoms with van der Waals surface area (Å²) >= 11 is 4.47. The molecule has 0 amide bonds. The van der Waals surface area contributed by atoms with Crippen molar-refractivity contribution in [2.75, 3.05) is 6.61 Å². The highest BCUT2D eigenvalue weighted by Crippen LogP contribution is 2.45. The highest BCUT2D eigenvalue weighted by Gasteiger charge is 2.27. The third-order valence-corrected chi connectivity index (χ3v) is 3.99. The van der Waals surface area contributed by atoms with Crippen molar-refractivity contribution in [1.82, 2.24) is 0 Å². The molecule has 1 atom stereocenters. The van der Waals surface area contributed by atoms with Crippen LogP contribution in [0.25, 0.3) is 0 Å². The van der Waals surface area contributed by atoms with E-state index in [1.54, 1.807) is 12.1 Å². The van der Waals surface area contributed by atoms with Crippen molar-refractivity contribution >= 4 is 18.5 Å². The topological polar surface area (TPSA) is 68.2 Å². The van der Waals surface area contributed by atoms with E-state index >= 15 is 0 Å². The summed E-state index contributed by atoms with van der Waals surface area (Å²) < 4.78 is 16.3. The van der Waals surface area contributed by atoms with Crippen LogP contribution in [0, 0.1) is 0 Å². The van der Waals surface area contributed by atoms with Crippen LogP contribution in [0.3, 0.4) is 0 Å². The van der Waals surface area contributed by atoms with Crippen molar-refractivity contribution in [2.24, 2.45) is 0 Å². The molecule has 2 N–H and O–H groups in total. The average Bonchev–Trinajstić information content (AvgIpc) is 2.37. The van der Waals surface area contributed by atoms with Crippen LogP contribution in [-0.2, 0) is 16.5 Å². The number of benzene rings is 1. The molecule has 0 saturated heterocycles. The van der Waals surface area contributed by atoms with Crippen LogP contribution in [0.5, 0.6) is 11.5 Å². The summed E-state index contributed by atoms with van der Waals surface area (Å²) in [6.07, 6.45) is 0.836. The summed E-state index contributed by atoms with van der Waals surface area (Å²) in [4.78, 5) is 18.5. The molecule has 0 fully saturated rings. The minimum absolute atomic E-state index is 0.167. The number of hydrogen-bond acceptors (Lipinski definition) is 4. The van der Waals surface area contributed by atoms with Crippen molar-refractivity contribution in [3.05, 3.63) is 35.3 Å². The Bertz CT molecular complexity index is 607. The van der Waals surface area contributed by atoms with Gasteiger partial charge in [-0.15, -0.1) is 0 Å². The van der Waals surface area contributed by atoms with Crippen LogP contribution < -0.4 is 9.26 Å². The minimum Gasteiger partial charge on any atom is -0.465 e. The largest absolute Gasteiger partial charge is 0.465 e. The summed E-state index contributed by atoms with van der Waals surface area (Å²) in [6, 6.07) is 5.11. The Hall–Kier alpha value is -1.07. The fraction of sp³-hybridized carbons (Fsp3) is 0.429. The number of ether oxygens (including phenoxy) is 2. The minimum atomic E-state index is -3.75. The van der Waals surface area contributed by atoms with Crippen molar-refractivity contribution in [3.8, 4) is 11.5 Å². The Labute approximate surface area is 129 Å². The van der Waals surface area contributed by atoms with Crippen molar-refractivity contribution in [3.63, 3.8) is 0 Å². The molecule has 0 aromatic heterocycles. The molecule has 0 bridgehead atoms. The van der Waals surface area contributed by atoms with E-state index in [1.807, 2.05) is 13.0 Å². The molecule has 0 radical (unpaired) electrons. The third kappa shape index (κ3) is 3.77. The normalized spacial score (nSPS) is 18.0. The Kier molecular flexibility index (Phi) is 4.94. The predicted molar refractivity (Wildman–Crippen MR) is 83.8 cm³/mol. The van der Waals surface area contributed by atoms with E-state index < -0.39 is 6.72 Å². The molecule has 7 heteroatoms. The van der Waals surface area contributed by atoms with E-state index in [0.29, 0.717) is 18.3 Å². The molecule has 0 saturated carbocycles. The molecule has 5 nitrogen and oxygen atoms in total. The van der Waals surface area contributed by atoms with Gasteiger partial charge in [-0.2, -0.15) is 0 Å². The van der Waals surface area contributed by atoms with Crippen molar-refractivity contribution < 1.29 is 23.8 Å². The van der Waals surface area contributed by atoms with Gasteiger partial charge >= 0.3 is 6.72 Å². The van der Waals surface area contributed by atoms with Gasteiger partial charge in [0.05, 0.1) is 6.61 Å². The standard InChI is InChI=1S/C14H19O5PS/c1-4-11-9(3)12-7-6-10(19-20(15,16)21)8-13(12)18-14(11)17-5-2/h6-9H,4-5H2,1-3H3,(H2,15,16,21). The lowest BCUT2D eigenvalue weighted by Gasteiger charge is -2.27. The lowest BCUT2D eigenvalue weighted by molar-refractivity contribution is 0.103. The Balaban J connectivity index is 2.36. The van der Waals surface area contributed by atoms with E-state index in [9.17, 15) is 9.79 Å². The second-order valence-electron chi connectivity index (χ2n) is 4.70. The Morgan fingerprint density at radius 2 is 2.05 bits per heavy atom. The molecule has 0 spiro atoms. The van der Waals surface area contributed by atoms with E-state index in [2.05, 4.69) is 25.7 Å². The van der Waals surface area contributed by atoms with Gasteiger partial charge in [0, 0.05) is 34.9 Å². The molecule has 1 aliphatic rings. The zero-order valence-corrected chi connectivity index (χ0v) is 13.9. The fourth-order valence-electron chi connectivity index (χ4n) is 2.39. The van der Waals surface area contributed by atoms with Crippen molar-refractivity contribution in [2.45, 2.75) is 33.1 Å². The SMILES string of the molecule is CCOC1=C(CC)C(C)c2ccc(OP(O)(O)=S)cc2O1. The highest BCUT2D eigenvalue weighted by atomic mass is 32.5. The van der Waals surface area contributed by atoms with E-state index in [4.69, 9.17) is 14.0 Å². The molecule has 1 aromatic carbocycles. The van der Waals surface area contributed by atoms with Crippen LogP contribution in [0.4, 0.5) is 0 Å². The van der Waals surface area contributed by atoms with Gasteiger partial charge in [-0.1, -0.05) is 19.9 Å². The number of allylic oxidation sites excluding steroid dienone is 1. The first-order valence-electron chi connectivity index (χ1n) is 6.78. The Morgan fingerprint density at radius 1 is 1.33 bits per heavy atom. The number of rotatable bonds is 5. The summed E-state index contributed by atoms with van der Waals surface area (Å²) in [5.41, 5.74) is 2.11. The summed E-state index contributed by atoms with van der Waals surface area (Å²) in [7, 11) is 0. The molecule has 1 aliphatic heterocycles. The first-order chi connectivity index (χ1) is 9.85. The smallest absolute Gasteiger partial charge is 0.375 e. The predicted octanol–water partition coefficient (Wildman–Crippen LogP) is 3.43. The molecule has 1 unspecified atom stereocenters. The maximum Gasteiger partial charge on any atom is 0.375 e. The zero-order valence-electron chi connectivity index (χ0n) is 12.2. The molecular weight excluding hydrogens is 311 g/mol. The molecule has 0 aliphatic carbocycles. The highest BCUT2D eigenvalue weighted by molar-refractivity contribution is 8.06. The summed E-state index contributed by atoms with van der Waals surface area (Å²) in [5.74, 6) is 1.54. The molecule has 1 heterocycles. The second-order valence-corrected chi connectivity index (χ2v) is 7.30. The molecular formula is C14H19O5PS. The molecule has 2 rings (SSSR count). The van der Waals surface area contributed by atoms with E-state index in [-0.39, 0.29) is 11.7 Å². The quantitative estimate of drug-likeness (QED) is 0.806. The summed E-state index contributed by atoms with van der Waals surface area (Å²) in [5, 5.41) is 0. The van der Waals surface area contributed by atoms with Crippen LogP contribution in [0.2, 0.25) is 0 Å². The van der Waals surface area contributed by atoms with Gasteiger partial charge < -0.3 is 23.8 Å². The average molecular weight is 330 g/mol. The fourth-order valence-corrected chi connectivity index (χ4v) is 3.03. The van der Waals surface area contributed by atoms with Gasteiger partial charge in [0.25, 0.3) is 5.95 Å². The van der Waals surface area contributed by atoms with E-state index in [1.165, 1.54) is 0 Å². The molecule has 1 aromatic rings. The summed E-state index contributed by atoms with van der Waals surface area (Å²) in [6.45, 7) is 2.81. The number of fused-ring (bicyclic) bond motifs is 1. The second kappa shape index (κ2) is 6.36.